The van der Waals surface area contributed by atoms with Crippen molar-refractivity contribution >= 4 is 23.6 Å². The molecule has 0 saturated heterocycles. The van der Waals surface area contributed by atoms with Gasteiger partial charge in [0.2, 0.25) is 0 Å². The lowest BCUT2D eigenvalue weighted by atomic mass is 9.95. The van der Waals surface area contributed by atoms with Crippen molar-refractivity contribution in [2.45, 2.75) is 13.0 Å². The van der Waals surface area contributed by atoms with Gasteiger partial charge in [-0.25, -0.2) is 9.59 Å². The van der Waals surface area contributed by atoms with Gasteiger partial charge in [-0.15, -0.1) is 0 Å². The molecule has 0 fully saturated rings. The topological polar surface area (TPSA) is 76.7 Å². The van der Waals surface area contributed by atoms with Crippen molar-refractivity contribution in [3.05, 3.63) is 70.4 Å². The van der Waals surface area contributed by atoms with E-state index in [1.165, 1.54) is 7.11 Å². The van der Waals surface area contributed by atoms with Crippen molar-refractivity contribution < 1.29 is 19.1 Å². The number of carbonyl (C=O) groups excluding carboxylic acids is 2. The average molecular weight is 373 g/mol. The Labute approximate surface area is 155 Å². The Morgan fingerprint density at radius 2 is 1.85 bits per heavy atom. The third-order valence-corrected chi connectivity index (χ3v) is 4.17. The zero-order valence-electron chi connectivity index (χ0n) is 14.2. The molecule has 1 heterocycles. The fourth-order valence-corrected chi connectivity index (χ4v) is 2.85. The van der Waals surface area contributed by atoms with Crippen LogP contribution in [0.4, 0.5) is 4.79 Å². The molecule has 0 saturated carbocycles. The summed E-state index contributed by atoms with van der Waals surface area (Å²) in [6.45, 7) is 1.66. The highest BCUT2D eigenvalue weighted by Crippen LogP contribution is 2.31. The Balaban J connectivity index is 1.92. The van der Waals surface area contributed by atoms with Gasteiger partial charge in [-0.3, -0.25) is 0 Å². The van der Waals surface area contributed by atoms with Gasteiger partial charge >= 0.3 is 12.0 Å². The predicted molar refractivity (Wildman–Crippen MR) is 97.1 cm³/mol. The Morgan fingerprint density at radius 1 is 1.12 bits per heavy atom. The number of nitrogens with one attached hydrogen (secondary N) is 2. The molecule has 0 unspecified atom stereocenters. The molecule has 2 amide bonds. The number of methoxy groups -OCH3 is 1. The maximum Gasteiger partial charge on any atom is 0.337 e. The van der Waals surface area contributed by atoms with Crippen LogP contribution in [0.1, 0.15) is 18.5 Å². The number of esters is 1. The average Bonchev–Trinajstić information content (AvgIpc) is 2.63. The van der Waals surface area contributed by atoms with Gasteiger partial charge in [0.05, 0.1) is 18.7 Å². The summed E-state index contributed by atoms with van der Waals surface area (Å²) in [5.74, 6) is 0.685. The van der Waals surface area contributed by atoms with Crippen LogP contribution in [0.25, 0.3) is 0 Å². The van der Waals surface area contributed by atoms with Crippen LogP contribution in [-0.4, -0.2) is 19.1 Å². The van der Waals surface area contributed by atoms with E-state index in [1.54, 1.807) is 55.5 Å². The molecule has 1 atom stereocenters. The van der Waals surface area contributed by atoms with Crippen LogP contribution in [0.3, 0.4) is 0 Å². The number of amides is 2. The monoisotopic (exact) mass is 372 g/mol. The second kappa shape index (κ2) is 7.49. The van der Waals surface area contributed by atoms with E-state index in [1.807, 2.05) is 0 Å². The van der Waals surface area contributed by atoms with E-state index in [0.717, 1.165) is 0 Å². The Morgan fingerprint density at radius 3 is 2.54 bits per heavy atom. The Kier molecular flexibility index (Phi) is 5.14. The van der Waals surface area contributed by atoms with Crippen molar-refractivity contribution in [1.29, 1.82) is 0 Å². The first-order valence-electron chi connectivity index (χ1n) is 7.88. The fourth-order valence-electron chi connectivity index (χ4n) is 2.72. The summed E-state index contributed by atoms with van der Waals surface area (Å²) in [4.78, 5) is 24.0. The van der Waals surface area contributed by atoms with Crippen LogP contribution in [0.15, 0.2) is 59.8 Å². The maximum absolute atomic E-state index is 12.2. The molecule has 0 radical (unpaired) electrons. The number of benzene rings is 2. The first-order chi connectivity index (χ1) is 12.5. The maximum atomic E-state index is 12.2. The number of halogens is 1. The highest BCUT2D eigenvalue weighted by atomic mass is 35.5. The third kappa shape index (κ3) is 3.81. The van der Waals surface area contributed by atoms with Crippen molar-refractivity contribution in [2.75, 3.05) is 7.11 Å². The zero-order chi connectivity index (χ0) is 18.7. The lowest BCUT2D eigenvalue weighted by Crippen LogP contribution is -2.45. The summed E-state index contributed by atoms with van der Waals surface area (Å²) in [5, 5.41) is 5.95. The molecular formula is C19H17ClN2O4. The first-order valence-corrected chi connectivity index (χ1v) is 8.25. The van der Waals surface area contributed by atoms with Crippen molar-refractivity contribution in [3.63, 3.8) is 0 Å². The van der Waals surface area contributed by atoms with E-state index in [2.05, 4.69) is 10.6 Å². The zero-order valence-corrected chi connectivity index (χ0v) is 15.0. The van der Waals surface area contributed by atoms with Gasteiger partial charge in [0, 0.05) is 10.7 Å². The standard InChI is InChI=1S/C19H17ClN2O4/c1-11-16(18(23)25-2)17(22-19(24)21-11)12-4-3-5-15(10-12)26-14-8-6-13(20)7-9-14/h3-10,17H,1-2H3,(H2,21,22,24)/t17-/m1/s1. The number of hydrogen-bond donors (Lipinski definition) is 2. The van der Waals surface area contributed by atoms with E-state index >= 15 is 0 Å². The fraction of sp³-hybridized carbons (Fsp3) is 0.158. The predicted octanol–water partition coefficient (Wildman–Crippen LogP) is 3.93. The van der Waals surface area contributed by atoms with Gasteiger partial charge < -0.3 is 20.1 Å². The molecule has 6 nitrogen and oxygen atoms in total. The highest BCUT2D eigenvalue weighted by molar-refractivity contribution is 6.30. The lowest BCUT2D eigenvalue weighted by Gasteiger charge is -2.28. The third-order valence-electron chi connectivity index (χ3n) is 3.92. The second-order valence-corrected chi connectivity index (χ2v) is 6.13. The summed E-state index contributed by atoms with van der Waals surface area (Å²) in [7, 11) is 1.30. The molecule has 2 aromatic carbocycles. The van der Waals surface area contributed by atoms with E-state index in [0.29, 0.717) is 33.4 Å². The molecule has 2 N–H and O–H groups in total. The molecule has 0 bridgehead atoms. The van der Waals surface area contributed by atoms with E-state index in [-0.39, 0.29) is 6.03 Å². The van der Waals surface area contributed by atoms with Gasteiger partial charge in [0.15, 0.2) is 0 Å². The van der Waals surface area contributed by atoms with Gasteiger partial charge in [-0.1, -0.05) is 23.7 Å². The van der Waals surface area contributed by atoms with Crippen molar-refractivity contribution in [2.24, 2.45) is 0 Å². The molecule has 2 aromatic rings. The van der Waals surface area contributed by atoms with Gasteiger partial charge in [0.25, 0.3) is 0 Å². The van der Waals surface area contributed by atoms with Crippen molar-refractivity contribution in [1.82, 2.24) is 10.6 Å². The minimum atomic E-state index is -0.634. The normalized spacial score (nSPS) is 16.6. The van der Waals surface area contributed by atoms with Crippen molar-refractivity contribution in [3.8, 4) is 11.5 Å². The summed E-state index contributed by atoms with van der Waals surface area (Å²) in [6, 6.07) is 13.1. The van der Waals surface area contributed by atoms with Crippen LogP contribution in [0.5, 0.6) is 11.5 Å². The molecule has 134 valence electrons. The molecular weight excluding hydrogens is 356 g/mol. The molecule has 1 aliphatic heterocycles. The summed E-state index contributed by atoms with van der Waals surface area (Å²) in [6.07, 6.45) is 0. The highest BCUT2D eigenvalue weighted by Gasteiger charge is 2.31. The number of hydrogen-bond acceptors (Lipinski definition) is 4. The van der Waals surface area contributed by atoms with E-state index in [4.69, 9.17) is 21.1 Å². The quantitative estimate of drug-likeness (QED) is 0.797. The Bertz CT molecular complexity index is 877. The van der Waals surface area contributed by atoms with Gasteiger partial charge in [0.1, 0.15) is 11.5 Å². The molecule has 3 rings (SSSR count). The SMILES string of the molecule is COC(=O)C1=C(C)NC(=O)N[C@@H]1c1cccc(Oc2ccc(Cl)cc2)c1. The smallest absolute Gasteiger partial charge is 0.337 e. The van der Waals surface area contributed by atoms with Crippen LogP contribution in [0, 0.1) is 0 Å². The lowest BCUT2D eigenvalue weighted by molar-refractivity contribution is -0.136. The second-order valence-electron chi connectivity index (χ2n) is 5.69. The number of urea groups is 1. The number of carbonyl (C=O) groups is 2. The summed E-state index contributed by atoms with van der Waals surface area (Å²) >= 11 is 5.88. The molecule has 0 spiro atoms. The minimum Gasteiger partial charge on any atom is -0.466 e. The van der Waals surface area contributed by atoms with Crippen LogP contribution >= 0.6 is 11.6 Å². The van der Waals surface area contributed by atoms with Crippen LogP contribution in [0.2, 0.25) is 5.02 Å². The van der Waals surface area contributed by atoms with E-state index in [9.17, 15) is 9.59 Å². The molecule has 0 aromatic heterocycles. The van der Waals surface area contributed by atoms with Gasteiger partial charge in [-0.05, 0) is 48.9 Å². The summed E-state index contributed by atoms with van der Waals surface area (Å²) < 4.78 is 10.7. The minimum absolute atomic E-state index is 0.343. The molecule has 7 heteroatoms. The van der Waals surface area contributed by atoms with Gasteiger partial charge in [-0.2, -0.15) is 0 Å². The number of allylic oxidation sites excluding steroid dienone is 1. The number of ether oxygens (including phenoxy) is 2. The van der Waals surface area contributed by atoms with Crippen LogP contribution in [-0.2, 0) is 9.53 Å². The van der Waals surface area contributed by atoms with Crippen LogP contribution < -0.4 is 15.4 Å². The molecule has 1 aliphatic rings. The van der Waals surface area contributed by atoms with E-state index < -0.39 is 12.0 Å². The molecule has 0 aliphatic carbocycles. The number of rotatable bonds is 4. The molecule has 26 heavy (non-hydrogen) atoms. The largest absolute Gasteiger partial charge is 0.466 e. The first kappa shape index (κ1) is 17.8. The Hall–Kier alpha value is -2.99. The summed E-state index contributed by atoms with van der Waals surface area (Å²) in [5.41, 5.74) is 1.50.